The lowest BCUT2D eigenvalue weighted by Crippen LogP contribution is -2.10. The van der Waals surface area contributed by atoms with Crippen LogP contribution in [0.3, 0.4) is 0 Å². The van der Waals surface area contributed by atoms with Crippen molar-refractivity contribution in [2.24, 2.45) is 0 Å². The quantitative estimate of drug-likeness (QED) is 0.0197. The first-order chi connectivity index (χ1) is 34.9. The van der Waals surface area contributed by atoms with Crippen LogP contribution in [0, 0.1) is 58.9 Å². The van der Waals surface area contributed by atoms with E-state index in [1.54, 1.807) is 48.5 Å². The summed E-state index contributed by atoms with van der Waals surface area (Å²) in [6.07, 6.45) is 7.70. The minimum absolute atomic E-state index is 0.0113. The second-order valence-corrected chi connectivity index (χ2v) is 25.2. The van der Waals surface area contributed by atoms with Crippen molar-refractivity contribution in [1.82, 2.24) is 0 Å². The number of thioether (sulfide) groups is 1. The first-order valence-electron chi connectivity index (χ1n) is 20.8. The van der Waals surface area contributed by atoms with Gasteiger partial charge in [-0.15, -0.1) is 24.1 Å². The number of halogens is 8. The highest BCUT2D eigenvalue weighted by Gasteiger charge is 2.35. The lowest BCUT2D eigenvalue weighted by molar-refractivity contribution is 0.265. The first-order valence-corrected chi connectivity index (χ1v) is 29.6. The molecule has 0 unspecified atom stereocenters. The minimum Gasteiger partial charge on any atom is -0.487 e. The summed E-state index contributed by atoms with van der Waals surface area (Å²) in [5.41, 5.74) is -4.06. The SMILES string of the molecule is C#CCCCCOc1c(F)c(F)c(-c2c(F)c(F)c(Sc3ccc(Sc4ccc(Sc5ccc(S(=O)(=O)c6ccc(Sc7ccc(SC)cc7)c(S(=O)(=O)O)c6)cc5S(=O)(=O)O)cc4)cc3)c(F)c2F)c(F)c1F. The van der Waals surface area contributed by atoms with Crippen LogP contribution in [-0.4, -0.2) is 47.2 Å². The minimum atomic E-state index is -5.07. The van der Waals surface area contributed by atoms with Crippen molar-refractivity contribution in [2.45, 2.75) is 82.9 Å². The molecule has 0 saturated heterocycles. The molecule has 0 atom stereocenters. The third-order valence-electron chi connectivity index (χ3n) is 10.3. The Morgan fingerprint density at radius 1 is 0.486 bits per heavy atom. The number of hydrogen-bond acceptors (Lipinski definition) is 12. The highest BCUT2D eigenvalue weighted by molar-refractivity contribution is 8.01. The molecule has 0 aliphatic heterocycles. The molecule has 9 nitrogen and oxygen atoms in total. The fourth-order valence-corrected chi connectivity index (χ4v) is 14.0. The van der Waals surface area contributed by atoms with Gasteiger partial charge in [0.25, 0.3) is 20.2 Å². The van der Waals surface area contributed by atoms with Gasteiger partial charge >= 0.3 is 0 Å². The van der Waals surface area contributed by atoms with Gasteiger partial charge in [-0.25, -0.2) is 34.8 Å². The molecule has 0 fully saturated rings. The molecule has 0 radical (unpaired) electrons. The fraction of sp³-hybridized carbons (Fsp3) is 0.102. The third-order valence-corrected chi connectivity index (χ3v) is 19.1. The Morgan fingerprint density at radius 2 is 0.851 bits per heavy atom. The van der Waals surface area contributed by atoms with Crippen LogP contribution in [0.4, 0.5) is 35.1 Å². The molecule has 0 spiro atoms. The molecule has 0 aliphatic carbocycles. The molecule has 7 rings (SSSR count). The third kappa shape index (κ3) is 12.6. The van der Waals surface area contributed by atoms with E-state index in [2.05, 4.69) is 5.92 Å². The second kappa shape index (κ2) is 23.4. The Bertz CT molecular complexity index is 3640. The predicted octanol–water partition coefficient (Wildman–Crippen LogP) is 14.3. The van der Waals surface area contributed by atoms with Crippen LogP contribution in [0.2, 0.25) is 0 Å². The summed E-state index contributed by atoms with van der Waals surface area (Å²) < 4.78 is 224. The number of unbranched alkanes of at least 4 members (excludes halogenated alkanes) is 2. The number of hydrogen-bond donors (Lipinski definition) is 2. The molecule has 0 heterocycles. The van der Waals surface area contributed by atoms with Gasteiger partial charge in [0.05, 0.1) is 32.4 Å². The van der Waals surface area contributed by atoms with Crippen LogP contribution >= 0.6 is 58.8 Å². The Balaban J connectivity index is 1.05. The van der Waals surface area contributed by atoms with Gasteiger partial charge in [0.15, 0.2) is 40.7 Å². The molecule has 0 aliphatic rings. The molecule has 0 aromatic heterocycles. The van der Waals surface area contributed by atoms with Gasteiger partial charge in [-0.1, -0.05) is 47.0 Å². The van der Waals surface area contributed by atoms with Crippen LogP contribution in [0.25, 0.3) is 11.1 Å². The number of ether oxygens (including phenoxy) is 1. The molecule has 7 aromatic rings. The van der Waals surface area contributed by atoms with Crippen LogP contribution in [-0.2, 0) is 30.1 Å². The summed E-state index contributed by atoms with van der Waals surface area (Å²) in [5, 5.41) is 0. The van der Waals surface area contributed by atoms with Crippen molar-refractivity contribution in [1.29, 1.82) is 0 Å². The van der Waals surface area contributed by atoms with E-state index in [0.29, 0.717) is 32.1 Å². The summed E-state index contributed by atoms with van der Waals surface area (Å²) in [7, 11) is -14.7. The van der Waals surface area contributed by atoms with Gasteiger partial charge in [-0.2, -0.15) is 25.6 Å². The molecule has 0 bridgehead atoms. The van der Waals surface area contributed by atoms with E-state index in [1.807, 2.05) is 6.26 Å². The normalized spacial score (nSPS) is 12.0. The van der Waals surface area contributed by atoms with Gasteiger partial charge in [-0.3, -0.25) is 9.11 Å². The maximum Gasteiger partial charge on any atom is 0.295 e. The van der Waals surface area contributed by atoms with E-state index in [-0.39, 0.29) is 39.3 Å². The Morgan fingerprint density at radius 3 is 1.23 bits per heavy atom. The topological polar surface area (TPSA) is 152 Å². The number of terminal acetylenes is 1. The van der Waals surface area contributed by atoms with Gasteiger partial charge in [0, 0.05) is 45.6 Å². The first kappa shape index (κ1) is 56.6. The standard InChI is InChI=1S/C49H32F8O9S8/c1-3-4-5-6-23-66-48-44(54)40(50)38(41(51)45(48)55)39-42(52)46(56)49(47(57)43(39)53)71-31-17-13-28(14-18-31)68-27-11-15-30(16-12-27)70-35-22-20-33(25-37(35)74(63,64)65)72(58,59)32-19-21-34(36(24-32)73(60,61)62)69-29-9-7-26(67-2)8-10-29/h1,7-22,24-25H,4-6,23H2,2H3,(H,60,61,62)(H,63,64,65). The van der Waals surface area contributed by atoms with E-state index in [4.69, 9.17) is 11.2 Å². The summed E-state index contributed by atoms with van der Waals surface area (Å²) >= 11 is 4.63. The van der Waals surface area contributed by atoms with E-state index in [1.165, 1.54) is 42.1 Å². The molecular weight excluding hydrogens is 1140 g/mol. The summed E-state index contributed by atoms with van der Waals surface area (Å²) in [6, 6.07) is 24.9. The lowest BCUT2D eigenvalue weighted by Gasteiger charge is -2.16. The van der Waals surface area contributed by atoms with E-state index >= 15 is 26.3 Å². The van der Waals surface area contributed by atoms with Crippen LogP contribution in [0.5, 0.6) is 5.75 Å². The second-order valence-electron chi connectivity index (χ2n) is 15.1. The van der Waals surface area contributed by atoms with Crippen LogP contribution < -0.4 is 4.74 Å². The average Bonchev–Trinajstić information content (AvgIpc) is 3.36. The van der Waals surface area contributed by atoms with Crippen LogP contribution in [0.1, 0.15) is 19.3 Å². The molecule has 0 amide bonds. The average molecular weight is 1170 g/mol. The smallest absolute Gasteiger partial charge is 0.295 e. The molecule has 25 heteroatoms. The Kier molecular flexibility index (Phi) is 17.9. The highest BCUT2D eigenvalue weighted by Crippen LogP contribution is 2.45. The van der Waals surface area contributed by atoms with Crippen molar-refractivity contribution in [3.8, 4) is 29.2 Å². The Labute approximate surface area is 440 Å². The van der Waals surface area contributed by atoms with Crippen molar-refractivity contribution >= 4 is 88.9 Å². The summed E-state index contributed by atoms with van der Waals surface area (Å²) in [4.78, 5) is -0.983. The highest BCUT2D eigenvalue weighted by atomic mass is 32.2. The van der Waals surface area contributed by atoms with Crippen molar-refractivity contribution < 1.29 is 74.2 Å². The zero-order chi connectivity index (χ0) is 53.9. The Hall–Kier alpha value is -5.14. The molecule has 2 N–H and O–H groups in total. The molecular formula is C49H32F8O9S8. The van der Waals surface area contributed by atoms with Gasteiger partial charge in [0.2, 0.25) is 21.5 Å². The van der Waals surface area contributed by atoms with E-state index < -0.39 is 125 Å². The monoisotopic (exact) mass is 1170 g/mol. The zero-order valence-electron chi connectivity index (χ0n) is 37.3. The maximum absolute atomic E-state index is 15.4. The fourth-order valence-electron chi connectivity index (χ4n) is 6.70. The number of rotatable bonds is 19. The number of sulfone groups is 1. The summed E-state index contributed by atoms with van der Waals surface area (Å²) in [5.74, 6) is -17.2. The number of benzene rings is 7. The molecule has 386 valence electrons. The van der Waals surface area contributed by atoms with E-state index in [9.17, 15) is 43.1 Å². The predicted molar refractivity (Wildman–Crippen MR) is 265 cm³/mol. The van der Waals surface area contributed by atoms with Crippen LogP contribution in [0.15, 0.2) is 173 Å². The van der Waals surface area contributed by atoms with Gasteiger partial charge < -0.3 is 4.74 Å². The molecule has 74 heavy (non-hydrogen) atoms. The van der Waals surface area contributed by atoms with Gasteiger partial charge in [-0.05, 0) is 128 Å². The molecule has 7 aromatic carbocycles. The van der Waals surface area contributed by atoms with Crippen molar-refractivity contribution in [2.75, 3.05) is 12.9 Å². The molecule has 0 saturated carbocycles. The van der Waals surface area contributed by atoms with E-state index in [0.717, 1.165) is 64.4 Å². The van der Waals surface area contributed by atoms with Crippen molar-refractivity contribution in [3.63, 3.8) is 0 Å². The van der Waals surface area contributed by atoms with Crippen molar-refractivity contribution in [3.05, 3.63) is 156 Å². The van der Waals surface area contributed by atoms with Gasteiger partial charge in [0.1, 0.15) is 9.79 Å². The largest absolute Gasteiger partial charge is 0.487 e. The lowest BCUT2D eigenvalue weighted by atomic mass is 10.0. The maximum atomic E-state index is 15.4. The summed E-state index contributed by atoms with van der Waals surface area (Å²) in [6.45, 7) is -0.440. The zero-order valence-corrected chi connectivity index (χ0v) is 43.9.